The van der Waals surface area contributed by atoms with Gasteiger partial charge >= 0.3 is 5.97 Å². The zero-order chi connectivity index (χ0) is 15.0. The van der Waals surface area contributed by atoms with E-state index in [-0.39, 0.29) is 6.61 Å². The summed E-state index contributed by atoms with van der Waals surface area (Å²) in [7, 11) is 2.92. The summed E-state index contributed by atoms with van der Waals surface area (Å²) in [5.74, 6) is -0.0549. The first-order valence-corrected chi connectivity index (χ1v) is 6.71. The fourth-order valence-electron chi connectivity index (χ4n) is 1.49. The lowest BCUT2D eigenvalue weighted by Gasteiger charge is -2.13. The molecule has 0 aliphatic carbocycles. The smallest absolute Gasteiger partial charge is 0.343 e. The normalized spacial score (nSPS) is 10.4. The standard InChI is InChI=1S/C13H17Cl2NO4/c1-18-4-3-16-7-9-5-10(14)6-11(15)13(9)20-8-12(17)19-2/h5-6,16H,3-4,7-8H2,1-2H3. The Balaban J connectivity index is 2.76. The van der Waals surface area contributed by atoms with Gasteiger partial charge in [-0.3, -0.25) is 0 Å². The minimum Gasteiger partial charge on any atom is -0.480 e. The number of hydrogen-bond acceptors (Lipinski definition) is 5. The van der Waals surface area contributed by atoms with Crippen molar-refractivity contribution in [1.82, 2.24) is 5.32 Å². The summed E-state index contributed by atoms with van der Waals surface area (Å²) in [6, 6.07) is 3.30. The van der Waals surface area contributed by atoms with Gasteiger partial charge in [0.15, 0.2) is 6.61 Å². The Bertz CT molecular complexity index is 454. The zero-order valence-corrected chi connectivity index (χ0v) is 12.9. The predicted octanol–water partition coefficient (Wildman–Crippen LogP) is 2.28. The number of rotatable bonds is 8. The van der Waals surface area contributed by atoms with E-state index < -0.39 is 5.97 Å². The maximum Gasteiger partial charge on any atom is 0.343 e. The molecule has 0 aromatic heterocycles. The number of nitrogens with one attached hydrogen (secondary N) is 1. The molecule has 0 bridgehead atoms. The van der Waals surface area contributed by atoms with Crippen molar-refractivity contribution in [2.24, 2.45) is 0 Å². The van der Waals surface area contributed by atoms with E-state index >= 15 is 0 Å². The molecule has 0 aliphatic rings. The summed E-state index contributed by atoms with van der Waals surface area (Å²) in [5.41, 5.74) is 0.766. The SMILES string of the molecule is COCCNCc1cc(Cl)cc(Cl)c1OCC(=O)OC. The Kier molecular flexibility index (Phi) is 7.69. The van der Waals surface area contributed by atoms with Crippen molar-refractivity contribution < 1.29 is 19.0 Å². The van der Waals surface area contributed by atoms with Gasteiger partial charge in [-0.25, -0.2) is 4.79 Å². The molecule has 0 atom stereocenters. The van der Waals surface area contributed by atoms with Crippen molar-refractivity contribution >= 4 is 29.2 Å². The zero-order valence-electron chi connectivity index (χ0n) is 11.4. The van der Waals surface area contributed by atoms with Gasteiger partial charge in [0.05, 0.1) is 18.7 Å². The van der Waals surface area contributed by atoms with Gasteiger partial charge in [0.2, 0.25) is 0 Å². The van der Waals surface area contributed by atoms with Crippen LogP contribution in [0.4, 0.5) is 0 Å². The molecule has 0 aliphatic heterocycles. The molecule has 0 fully saturated rings. The molecule has 5 nitrogen and oxygen atoms in total. The van der Waals surface area contributed by atoms with Gasteiger partial charge in [-0.2, -0.15) is 0 Å². The van der Waals surface area contributed by atoms with Crippen LogP contribution in [-0.4, -0.2) is 39.9 Å². The van der Waals surface area contributed by atoms with Crippen molar-refractivity contribution in [2.45, 2.75) is 6.54 Å². The molecule has 0 radical (unpaired) electrons. The molecule has 0 saturated carbocycles. The van der Waals surface area contributed by atoms with Crippen molar-refractivity contribution in [3.63, 3.8) is 0 Å². The summed E-state index contributed by atoms with van der Waals surface area (Å²) in [6.45, 7) is 1.56. The number of benzene rings is 1. The van der Waals surface area contributed by atoms with Crippen LogP contribution in [0.1, 0.15) is 5.56 Å². The van der Waals surface area contributed by atoms with Gasteiger partial charge < -0.3 is 19.5 Å². The molecule has 112 valence electrons. The molecule has 0 amide bonds. The largest absolute Gasteiger partial charge is 0.480 e. The molecule has 7 heteroatoms. The van der Waals surface area contributed by atoms with E-state index in [0.29, 0.717) is 35.5 Å². The van der Waals surface area contributed by atoms with Crippen LogP contribution in [0.15, 0.2) is 12.1 Å². The van der Waals surface area contributed by atoms with Crippen molar-refractivity contribution in [1.29, 1.82) is 0 Å². The van der Waals surface area contributed by atoms with Crippen LogP contribution < -0.4 is 10.1 Å². The second-order valence-electron chi connectivity index (χ2n) is 3.91. The van der Waals surface area contributed by atoms with Crippen LogP contribution in [0.3, 0.4) is 0 Å². The molecular weight excluding hydrogens is 305 g/mol. The second-order valence-corrected chi connectivity index (χ2v) is 4.75. The molecule has 0 unspecified atom stereocenters. The van der Waals surface area contributed by atoms with Crippen LogP contribution in [-0.2, 0) is 20.8 Å². The van der Waals surface area contributed by atoms with Crippen molar-refractivity contribution in [2.75, 3.05) is 34.0 Å². The van der Waals surface area contributed by atoms with Crippen molar-refractivity contribution in [3.8, 4) is 5.75 Å². The van der Waals surface area contributed by atoms with E-state index in [1.807, 2.05) is 0 Å². The summed E-state index contributed by atoms with van der Waals surface area (Å²) in [6.07, 6.45) is 0. The highest BCUT2D eigenvalue weighted by Gasteiger charge is 2.12. The van der Waals surface area contributed by atoms with E-state index in [1.54, 1.807) is 19.2 Å². The molecule has 0 heterocycles. The van der Waals surface area contributed by atoms with Gasteiger partial charge in [-0.15, -0.1) is 0 Å². The van der Waals surface area contributed by atoms with Crippen LogP contribution in [0, 0.1) is 0 Å². The third-order valence-corrected chi connectivity index (χ3v) is 2.94. The Labute approximate surface area is 128 Å². The number of halogens is 2. The second kappa shape index (κ2) is 9.02. The summed E-state index contributed by atoms with van der Waals surface area (Å²) < 4.78 is 14.9. The highest BCUT2D eigenvalue weighted by atomic mass is 35.5. The predicted molar refractivity (Wildman–Crippen MR) is 77.6 cm³/mol. The molecule has 1 aromatic rings. The van der Waals surface area contributed by atoms with Crippen LogP contribution in [0.2, 0.25) is 10.0 Å². The summed E-state index contributed by atoms with van der Waals surface area (Å²) >= 11 is 12.1. The van der Waals surface area contributed by atoms with Crippen LogP contribution in [0.5, 0.6) is 5.75 Å². The lowest BCUT2D eigenvalue weighted by Crippen LogP contribution is -2.20. The van der Waals surface area contributed by atoms with E-state index in [2.05, 4.69) is 10.1 Å². The van der Waals surface area contributed by atoms with Gasteiger partial charge in [-0.1, -0.05) is 23.2 Å². The molecule has 1 N–H and O–H groups in total. The average molecular weight is 322 g/mol. The topological polar surface area (TPSA) is 56.8 Å². The fraction of sp³-hybridized carbons (Fsp3) is 0.462. The monoisotopic (exact) mass is 321 g/mol. The fourth-order valence-corrected chi connectivity index (χ4v) is 2.08. The first-order chi connectivity index (χ1) is 9.58. The van der Waals surface area contributed by atoms with Gasteiger partial charge in [0, 0.05) is 30.8 Å². The van der Waals surface area contributed by atoms with Crippen molar-refractivity contribution in [3.05, 3.63) is 27.7 Å². The molecule has 0 saturated heterocycles. The van der Waals surface area contributed by atoms with Gasteiger partial charge in [0.25, 0.3) is 0 Å². The third kappa shape index (κ3) is 5.54. The number of hydrogen-bond donors (Lipinski definition) is 1. The number of carbonyl (C=O) groups excluding carboxylic acids is 1. The van der Waals surface area contributed by atoms with Crippen LogP contribution >= 0.6 is 23.2 Å². The van der Waals surface area contributed by atoms with E-state index in [9.17, 15) is 4.79 Å². The van der Waals surface area contributed by atoms with Gasteiger partial charge in [0.1, 0.15) is 5.75 Å². The first-order valence-electron chi connectivity index (χ1n) is 5.95. The Hall–Kier alpha value is -1.01. The minimum absolute atomic E-state index is 0.205. The molecule has 20 heavy (non-hydrogen) atoms. The molecular formula is C13H17Cl2NO4. The minimum atomic E-state index is -0.477. The lowest BCUT2D eigenvalue weighted by molar-refractivity contribution is -0.142. The van der Waals surface area contributed by atoms with Gasteiger partial charge in [-0.05, 0) is 12.1 Å². The number of esters is 1. The highest BCUT2D eigenvalue weighted by molar-refractivity contribution is 6.35. The first kappa shape index (κ1) is 17.0. The highest BCUT2D eigenvalue weighted by Crippen LogP contribution is 2.32. The van der Waals surface area contributed by atoms with E-state index in [0.717, 1.165) is 5.56 Å². The number of methoxy groups -OCH3 is 2. The average Bonchev–Trinajstić information content (AvgIpc) is 2.42. The Morgan fingerprint density at radius 2 is 2.05 bits per heavy atom. The van der Waals surface area contributed by atoms with Crippen LogP contribution in [0.25, 0.3) is 0 Å². The lowest BCUT2D eigenvalue weighted by atomic mass is 10.2. The molecule has 1 rings (SSSR count). The number of carbonyl (C=O) groups is 1. The number of ether oxygens (including phenoxy) is 3. The maximum absolute atomic E-state index is 11.1. The van der Waals surface area contributed by atoms with E-state index in [1.165, 1.54) is 7.11 Å². The Morgan fingerprint density at radius 3 is 2.70 bits per heavy atom. The third-order valence-electron chi connectivity index (χ3n) is 2.45. The maximum atomic E-state index is 11.1. The molecule has 1 aromatic carbocycles. The molecule has 0 spiro atoms. The quantitative estimate of drug-likeness (QED) is 0.588. The summed E-state index contributed by atoms with van der Waals surface area (Å²) in [5, 5.41) is 4.02. The summed E-state index contributed by atoms with van der Waals surface area (Å²) in [4.78, 5) is 11.1. The Morgan fingerprint density at radius 1 is 1.30 bits per heavy atom. The van der Waals surface area contributed by atoms with E-state index in [4.69, 9.17) is 32.7 Å².